The van der Waals surface area contributed by atoms with Crippen molar-refractivity contribution in [1.29, 1.82) is 0 Å². The van der Waals surface area contributed by atoms with Gasteiger partial charge in [-0.1, -0.05) is 0 Å². The van der Waals surface area contributed by atoms with E-state index in [0.29, 0.717) is 17.9 Å². The summed E-state index contributed by atoms with van der Waals surface area (Å²) in [6.07, 6.45) is 4.35. The number of carbonyl (C=O) groups excluding carboxylic acids is 1. The zero-order valence-electron chi connectivity index (χ0n) is 10.1. The number of hydrogen-bond donors (Lipinski definition) is 1. The van der Waals surface area contributed by atoms with E-state index in [-0.39, 0.29) is 5.91 Å². The average molecular weight is 213 g/mol. The van der Waals surface area contributed by atoms with Crippen LogP contribution in [0.4, 0.5) is 0 Å². The van der Waals surface area contributed by atoms with Crippen molar-refractivity contribution in [2.75, 3.05) is 13.2 Å². The summed E-state index contributed by atoms with van der Waals surface area (Å²) < 4.78 is 5.63. The van der Waals surface area contributed by atoms with Crippen molar-refractivity contribution < 1.29 is 9.53 Å². The van der Waals surface area contributed by atoms with Crippen molar-refractivity contribution in [2.45, 2.75) is 52.6 Å². The van der Waals surface area contributed by atoms with Crippen molar-refractivity contribution in [1.82, 2.24) is 5.32 Å². The Balaban J connectivity index is 2.28. The predicted molar refractivity (Wildman–Crippen MR) is 60.7 cm³/mol. The molecule has 0 aromatic heterocycles. The van der Waals surface area contributed by atoms with Crippen molar-refractivity contribution >= 4 is 5.91 Å². The molecule has 0 bridgehead atoms. The third kappa shape index (κ3) is 3.49. The highest BCUT2D eigenvalue weighted by atomic mass is 16.5. The minimum atomic E-state index is 0.174. The molecule has 1 N–H and O–H groups in total. The Hall–Kier alpha value is -0.570. The van der Waals surface area contributed by atoms with Gasteiger partial charge in [0, 0.05) is 19.6 Å². The lowest BCUT2D eigenvalue weighted by Crippen LogP contribution is -2.27. The van der Waals surface area contributed by atoms with E-state index in [1.165, 1.54) is 12.8 Å². The molecule has 0 spiro atoms. The summed E-state index contributed by atoms with van der Waals surface area (Å²) in [4.78, 5) is 11.3. The fourth-order valence-corrected chi connectivity index (χ4v) is 2.10. The maximum Gasteiger partial charge on any atom is 0.220 e. The Bertz CT molecular complexity index is 212. The van der Waals surface area contributed by atoms with E-state index in [2.05, 4.69) is 12.2 Å². The molecule has 3 nitrogen and oxygen atoms in total. The smallest absolute Gasteiger partial charge is 0.220 e. The summed E-state index contributed by atoms with van der Waals surface area (Å²) in [5, 5.41) is 2.84. The molecule has 0 saturated heterocycles. The summed E-state index contributed by atoms with van der Waals surface area (Å²) in [6, 6.07) is 0. The first kappa shape index (κ1) is 12.5. The van der Waals surface area contributed by atoms with Crippen LogP contribution in [0.5, 0.6) is 0 Å². The van der Waals surface area contributed by atoms with Gasteiger partial charge in [-0.15, -0.1) is 0 Å². The molecular formula is C12H23NO2. The van der Waals surface area contributed by atoms with Gasteiger partial charge in [0.05, 0.1) is 6.10 Å². The highest BCUT2D eigenvalue weighted by molar-refractivity contribution is 5.75. The van der Waals surface area contributed by atoms with Gasteiger partial charge >= 0.3 is 0 Å². The Morgan fingerprint density at radius 2 is 2.13 bits per heavy atom. The standard InChI is InChI=1S/C12H23NO2/c1-4-13-11(14)6-7-12(8-9-12)10(3)15-5-2/h10H,4-9H2,1-3H3,(H,13,14). The number of hydrogen-bond acceptors (Lipinski definition) is 2. The van der Waals surface area contributed by atoms with E-state index >= 15 is 0 Å². The second kappa shape index (κ2) is 5.50. The minimum absolute atomic E-state index is 0.174. The second-order valence-electron chi connectivity index (χ2n) is 4.41. The summed E-state index contributed by atoms with van der Waals surface area (Å²) in [6.45, 7) is 7.61. The van der Waals surface area contributed by atoms with Gasteiger partial charge < -0.3 is 10.1 Å². The van der Waals surface area contributed by atoms with E-state index in [4.69, 9.17) is 4.74 Å². The number of rotatable bonds is 7. The maximum absolute atomic E-state index is 11.3. The first-order valence-electron chi connectivity index (χ1n) is 6.03. The Kier molecular flexibility index (Phi) is 4.58. The van der Waals surface area contributed by atoms with Crippen LogP contribution >= 0.6 is 0 Å². The molecule has 1 rings (SSSR count). The van der Waals surface area contributed by atoms with Crippen LogP contribution in [0.1, 0.15) is 46.5 Å². The van der Waals surface area contributed by atoms with Crippen LogP contribution in [0.25, 0.3) is 0 Å². The summed E-state index contributed by atoms with van der Waals surface area (Å²) in [5.41, 5.74) is 0.307. The van der Waals surface area contributed by atoms with Crippen molar-refractivity contribution in [3.05, 3.63) is 0 Å². The van der Waals surface area contributed by atoms with Crippen LogP contribution in [0, 0.1) is 5.41 Å². The fraction of sp³-hybridized carbons (Fsp3) is 0.917. The third-order valence-corrected chi connectivity index (χ3v) is 3.40. The van der Waals surface area contributed by atoms with Gasteiger partial charge in [-0.05, 0) is 45.4 Å². The molecule has 0 aromatic rings. The molecule has 1 aliphatic carbocycles. The number of ether oxygens (including phenoxy) is 1. The number of carbonyl (C=O) groups is 1. The maximum atomic E-state index is 11.3. The topological polar surface area (TPSA) is 38.3 Å². The molecule has 0 radical (unpaired) electrons. The third-order valence-electron chi connectivity index (χ3n) is 3.40. The fourth-order valence-electron chi connectivity index (χ4n) is 2.10. The normalized spacial score (nSPS) is 19.7. The average Bonchev–Trinajstić information content (AvgIpc) is 2.97. The lowest BCUT2D eigenvalue weighted by molar-refractivity contribution is -0.121. The highest BCUT2D eigenvalue weighted by Crippen LogP contribution is 2.53. The zero-order valence-corrected chi connectivity index (χ0v) is 10.1. The van der Waals surface area contributed by atoms with Gasteiger partial charge in [0.1, 0.15) is 0 Å². The van der Waals surface area contributed by atoms with Crippen molar-refractivity contribution in [2.24, 2.45) is 5.41 Å². The molecule has 1 unspecified atom stereocenters. The van der Waals surface area contributed by atoms with Crippen LogP contribution < -0.4 is 5.32 Å². The SMILES string of the molecule is CCNC(=O)CCC1(C(C)OCC)CC1. The van der Waals surface area contributed by atoms with E-state index in [9.17, 15) is 4.79 Å². The zero-order chi connectivity index (χ0) is 11.3. The van der Waals surface area contributed by atoms with Gasteiger partial charge in [-0.3, -0.25) is 4.79 Å². The van der Waals surface area contributed by atoms with Crippen LogP contribution in [-0.2, 0) is 9.53 Å². The first-order chi connectivity index (χ1) is 7.14. The molecule has 1 aliphatic rings. The monoisotopic (exact) mass is 213 g/mol. The van der Waals surface area contributed by atoms with E-state index in [1.54, 1.807) is 0 Å². The molecule has 1 fully saturated rings. The first-order valence-corrected chi connectivity index (χ1v) is 6.03. The van der Waals surface area contributed by atoms with Crippen LogP contribution in [-0.4, -0.2) is 25.2 Å². The lowest BCUT2D eigenvalue weighted by atomic mass is 9.94. The van der Waals surface area contributed by atoms with Gasteiger partial charge in [0.2, 0.25) is 5.91 Å². The van der Waals surface area contributed by atoms with Crippen LogP contribution in [0.15, 0.2) is 0 Å². The van der Waals surface area contributed by atoms with Crippen LogP contribution in [0.3, 0.4) is 0 Å². The quantitative estimate of drug-likeness (QED) is 0.703. The van der Waals surface area contributed by atoms with Gasteiger partial charge in [-0.25, -0.2) is 0 Å². The molecule has 1 amide bonds. The molecule has 88 valence electrons. The van der Waals surface area contributed by atoms with E-state index in [1.807, 2.05) is 13.8 Å². The molecule has 15 heavy (non-hydrogen) atoms. The van der Waals surface area contributed by atoms with Crippen molar-refractivity contribution in [3.8, 4) is 0 Å². The Morgan fingerprint density at radius 1 is 1.47 bits per heavy atom. The second-order valence-corrected chi connectivity index (χ2v) is 4.41. The lowest BCUT2D eigenvalue weighted by Gasteiger charge is -2.22. The van der Waals surface area contributed by atoms with Crippen LogP contribution in [0.2, 0.25) is 0 Å². The highest BCUT2D eigenvalue weighted by Gasteiger charge is 2.47. The summed E-state index contributed by atoms with van der Waals surface area (Å²) in [5.74, 6) is 0.174. The van der Waals surface area contributed by atoms with Crippen molar-refractivity contribution in [3.63, 3.8) is 0 Å². The van der Waals surface area contributed by atoms with Gasteiger partial charge in [-0.2, -0.15) is 0 Å². The number of nitrogens with one attached hydrogen (secondary N) is 1. The summed E-state index contributed by atoms with van der Waals surface area (Å²) >= 11 is 0. The summed E-state index contributed by atoms with van der Waals surface area (Å²) in [7, 11) is 0. The van der Waals surface area contributed by atoms with E-state index in [0.717, 1.165) is 19.6 Å². The predicted octanol–water partition coefficient (Wildman–Crippen LogP) is 2.11. The minimum Gasteiger partial charge on any atom is -0.378 e. The molecule has 1 saturated carbocycles. The molecule has 0 heterocycles. The molecule has 3 heteroatoms. The molecule has 0 aliphatic heterocycles. The largest absolute Gasteiger partial charge is 0.378 e. The molecule has 0 aromatic carbocycles. The number of amides is 1. The molecular weight excluding hydrogens is 190 g/mol. The Morgan fingerprint density at radius 3 is 2.60 bits per heavy atom. The van der Waals surface area contributed by atoms with Gasteiger partial charge in [0.25, 0.3) is 0 Å². The van der Waals surface area contributed by atoms with E-state index < -0.39 is 0 Å². The Labute approximate surface area is 92.6 Å². The van der Waals surface area contributed by atoms with Gasteiger partial charge in [0.15, 0.2) is 0 Å². The molecule has 1 atom stereocenters.